The first kappa shape index (κ1) is 10.4. The SMILES string of the molecule is CN(Cc1ccccc1)CS(=O)[O-]. The summed E-state index contributed by atoms with van der Waals surface area (Å²) in [7, 11) is 1.78. The zero-order valence-corrected chi connectivity index (χ0v) is 8.29. The van der Waals surface area contributed by atoms with Gasteiger partial charge in [0.25, 0.3) is 0 Å². The minimum Gasteiger partial charge on any atom is -0.771 e. The van der Waals surface area contributed by atoms with Crippen molar-refractivity contribution in [1.29, 1.82) is 0 Å². The van der Waals surface area contributed by atoms with E-state index in [1.807, 2.05) is 30.3 Å². The smallest absolute Gasteiger partial charge is 0.0613 e. The van der Waals surface area contributed by atoms with E-state index in [0.717, 1.165) is 5.56 Å². The second kappa shape index (κ2) is 5.11. The zero-order valence-electron chi connectivity index (χ0n) is 7.47. The predicted octanol–water partition coefficient (Wildman–Crippen LogP) is 0.955. The molecular formula is C9H12NO2S-. The summed E-state index contributed by atoms with van der Waals surface area (Å²) in [6.07, 6.45) is 0. The van der Waals surface area contributed by atoms with E-state index < -0.39 is 11.1 Å². The first-order valence-electron chi connectivity index (χ1n) is 3.97. The Bertz CT molecular complexity index is 276. The van der Waals surface area contributed by atoms with Gasteiger partial charge in [0.1, 0.15) is 0 Å². The van der Waals surface area contributed by atoms with E-state index in [9.17, 15) is 8.76 Å². The molecule has 0 radical (unpaired) electrons. The first-order valence-corrected chi connectivity index (χ1v) is 5.21. The van der Waals surface area contributed by atoms with E-state index >= 15 is 0 Å². The standard InChI is InChI=1S/C9H13NO2S/c1-10(8-13(11)12)7-9-5-3-2-4-6-9/h2-6H,7-8H2,1H3,(H,11,12)/p-1. The maximum Gasteiger partial charge on any atom is 0.0613 e. The van der Waals surface area contributed by atoms with E-state index in [-0.39, 0.29) is 5.88 Å². The first-order chi connectivity index (χ1) is 6.18. The number of nitrogens with zero attached hydrogens (tertiary/aromatic N) is 1. The molecule has 72 valence electrons. The maximum atomic E-state index is 10.4. The summed E-state index contributed by atoms with van der Waals surface area (Å²) < 4.78 is 20.7. The van der Waals surface area contributed by atoms with Gasteiger partial charge in [-0.3, -0.25) is 9.11 Å². The second-order valence-corrected chi connectivity index (χ2v) is 3.80. The highest BCUT2D eigenvalue weighted by Gasteiger charge is 1.98. The Morgan fingerprint density at radius 2 is 2.00 bits per heavy atom. The lowest BCUT2D eigenvalue weighted by molar-refractivity contribution is 0.368. The van der Waals surface area contributed by atoms with Gasteiger partial charge in [0.05, 0.1) is 5.88 Å². The lowest BCUT2D eigenvalue weighted by Crippen LogP contribution is -2.22. The predicted molar refractivity (Wildman–Crippen MR) is 51.7 cm³/mol. The van der Waals surface area contributed by atoms with E-state index in [1.54, 1.807) is 11.9 Å². The van der Waals surface area contributed by atoms with Crippen molar-refractivity contribution >= 4 is 11.1 Å². The van der Waals surface area contributed by atoms with Crippen LogP contribution in [0.5, 0.6) is 0 Å². The highest BCUT2D eigenvalue weighted by atomic mass is 32.2. The summed E-state index contributed by atoms with van der Waals surface area (Å²) in [4.78, 5) is 1.75. The fraction of sp³-hybridized carbons (Fsp3) is 0.333. The Kier molecular flexibility index (Phi) is 4.08. The van der Waals surface area contributed by atoms with E-state index in [0.29, 0.717) is 6.54 Å². The van der Waals surface area contributed by atoms with Crippen LogP contribution in [-0.4, -0.2) is 26.6 Å². The summed E-state index contributed by atoms with van der Waals surface area (Å²) in [5, 5.41) is 0. The fourth-order valence-electron chi connectivity index (χ4n) is 1.12. The van der Waals surface area contributed by atoms with Crippen LogP contribution >= 0.6 is 0 Å². The average molecular weight is 198 g/mol. The van der Waals surface area contributed by atoms with Crippen molar-refractivity contribution < 1.29 is 8.76 Å². The van der Waals surface area contributed by atoms with Crippen LogP contribution < -0.4 is 0 Å². The van der Waals surface area contributed by atoms with Crippen molar-refractivity contribution in [3.63, 3.8) is 0 Å². The number of rotatable bonds is 4. The minimum atomic E-state index is -1.99. The fourth-order valence-corrected chi connectivity index (χ4v) is 1.57. The van der Waals surface area contributed by atoms with Crippen molar-refractivity contribution in [2.45, 2.75) is 6.54 Å². The molecule has 0 saturated heterocycles. The van der Waals surface area contributed by atoms with Gasteiger partial charge in [-0.05, 0) is 23.7 Å². The van der Waals surface area contributed by atoms with Crippen LogP contribution in [0.25, 0.3) is 0 Å². The summed E-state index contributed by atoms with van der Waals surface area (Å²) in [6, 6.07) is 9.78. The van der Waals surface area contributed by atoms with Gasteiger partial charge in [-0.2, -0.15) is 0 Å². The highest BCUT2D eigenvalue weighted by Crippen LogP contribution is 2.02. The van der Waals surface area contributed by atoms with Crippen LogP contribution in [-0.2, 0) is 17.6 Å². The molecule has 1 aromatic carbocycles. The molecule has 1 atom stereocenters. The largest absolute Gasteiger partial charge is 0.771 e. The lowest BCUT2D eigenvalue weighted by atomic mass is 10.2. The quantitative estimate of drug-likeness (QED) is 0.677. The average Bonchev–Trinajstić information content (AvgIpc) is 2.04. The molecule has 1 aromatic rings. The van der Waals surface area contributed by atoms with Crippen LogP contribution in [0.4, 0.5) is 0 Å². The van der Waals surface area contributed by atoms with Gasteiger partial charge in [0, 0.05) is 6.54 Å². The van der Waals surface area contributed by atoms with Gasteiger partial charge in [0.2, 0.25) is 0 Å². The molecule has 3 nitrogen and oxygen atoms in total. The molecule has 0 spiro atoms. The van der Waals surface area contributed by atoms with Gasteiger partial charge in [-0.15, -0.1) is 0 Å². The van der Waals surface area contributed by atoms with Crippen molar-refractivity contribution in [3.05, 3.63) is 35.9 Å². The van der Waals surface area contributed by atoms with Gasteiger partial charge >= 0.3 is 0 Å². The third-order valence-corrected chi connectivity index (χ3v) is 2.27. The van der Waals surface area contributed by atoms with Gasteiger partial charge in [-0.25, -0.2) is 0 Å². The molecule has 0 amide bonds. The number of hydrogen-bond donors (Lipinski definition) is 0. The number of benzene rings is 1. The third kappa shape index (κ3) is 4.17. The Hall–Kier alpha value is -0.710. The molecule has 0 aliphatic carbocycles. The van der Waals surface area contributed by atoms with Gasteiger partial charge in [-0.1, -0.05) is 30.3 Å². The Labute approximate surface area is 80.7 Å². The van der Waals surface area contributed by atoms with Crippen LogP contribution in [0, 0.1) is 0 Å². The molecule has 0 N–H and O–H groups in total. The van der Waals surface area contributed by atoms with E-state index in [2.05, 4.69) is 0 Å². The number of hydrogen-bond acceptors (Lipinski definition) is 3. The molecule has 1 unspecified atom stereocenters. The van der Waals surface area contributed by atoms with Gasteiger partial charge in [0.15, 0.2) is 0 Å². The summed E-state index contributed by atoms with van der Waals surface area (Å²) >= 11 is -1.99. The molecular weight excluding hydrogens is 186 g/mol. The zero-order chi connectivity index (χ0) is 9.68. The molecule has 4 heteroatoms. The van der Waals surface area contributed by atoms with Crippen molar-refractivity contribution in [2.24, 2.45) is 0 Å². The molecule has 13 heavy (non-hydrogen) atoms. The Morgan fingerprint density at radius 3 is 2.54 bits per heavy atom. The van der Waals surface area contributed by atoms with E-state index in [4.69, 9.17) is 0 Å². The third-order valence-electron chi connectivity index (χ3n) is 1.62. The van der Waals surface area contributed by atoms with Gasteiger partial charge < -0.3 is 4.55 Å². The summed E-state index contributed by atoms with van der Waals surface area (Å²) in [6.45, 7) is 0.662. The van der Waals surface area contributed by atoms with Crippen LogP contribution in [0.15, 0.2) is 30.3 Å². The monoisotopic (exact) mass is 198 g/mol. The molecule has 0 bridgehead atoms. The summed E-state index contributed by atoms with van der Waals surface area (Å²) in [5.41, 5.74) is 1.12. The van der Waals surface area contributed by atoms with Crippen LogP contribution in [0.2, 0.25) is 0 Å². The molecule has 0 aliphatic rings. The minimum absolute atomic E-state index is 0.0783. The molecule has 0 heterocycles. The van der Waals surface area contributed by atoms with Crippen molar-refractivity contribution in [2.75, 3.05) is 12.9 Å². The molecule has 0 saturated carbocycles. The molecule has 0 aliphatic heterocycles. The van der Waals surface area contributed by atoms with Crippen molar-refractivity contribution in [1.82, 2.24) is 4.90 Å². The molecule has 0 aromatic heterocycles. The maximum absolute atomic E-state index is 10.4. The summed E-state index contributed by atoms with van der Waals surface area (Å²) in [5.74, 6) is 0.0783. The molecule has 0 fully saturated rings. The van der Waals surface area contributed by atoms with Crippen LogP contribution in [0.3, 0.4) is 0 Å². The Balaban J connectivity index is 2.45. The highest BCUT2D eigenvalue weighted by molar-refractivity contribution is 7.79. The topological polar surface area (TPSA) is 43.4 Å². The van der Waals surface area contributed by atoms with E-state index in [1.165, 1.54) is 0 Å². The van der Waals surface area contributed by atoms with Crippen molar-refractivity contribution in [3.8, 4) is 0 Å². The second-order valence-electron chi connectivity index (χ2n) is 2.93. The lowest BCUT2D eigenvalue weighted by Gasteiger charge is -2.17. The normalized spacial score (nSPS) is 13.2. The molecule has 1 rings (SSSR count). The Morgan fingerprint density at radius 1 is 1.38 bits per heavy atom. The van der Waals surface area contributed by atoms with Crippen LogP contribution in [0.1, 0.15) is 5.56 Å².